The van der Waals surface area contributed by atoms with Crippen molar-refractivity contribution in [3.63, 3.8) is 0 Å². The minimum atomic E-state index is -1.56. The molecule has 0 unspecified atom stereocenters. The van der Waals surface area contributed by atoms with Gasteiger partial charge in [0.2, 0.25) is 0 Å². The zero-order chi connectivity index (χ0) is 17.5. The summed E-state index contributed by atoms with van der Waals surface area (Å²) >= 11 is 23.5. The highest BCUT2D eigenvalue weighted by molar-refractivity contribution is 6.54. The van der Waals surface area contributed by atoms with E-state index in [-0.39, 0.29) is 21.4 Å². The number of hydrogen-bond acceptors (Lipinski definition) is 4. The highest BCUT2D eigenvalue weighted by Crippen LogP contribution is 2.43. The van der Waals surface area contributed by atoms with E-state index in [2.05, 4.69) is 0 Å². The molecule has 23 heavy (non-hydrogen) atoms. The first-order chi connectivity index (χ1) is 10.7. The minimum Gasteiger partial charge on any atom is -0.508 e. The Labute approximate surface area is 149 Å². The van der Waals surface area contributed by atoms with Gasteiger partial charge in [0.15, 0.2) is 5.78 Å². The Morgan fingerprint density at radius 1 is 0.826 bits per heavy atom. The molecule has 0 aromatic heterocycles. The number of hydrogen-bond donors (Lipinski definition) is 3. The van der Waals surface area contributed by atoms with E-state index in [9.17, 15) is 24.9 Å². The highest BCUT2D eigenvalue weighted by atomic mass is 35.5. The number of carboxylic acid groups (broad SMARTS) is 1. The standard InChI is InChI=1S/C14H6Cl4O5/c15-9-7(8(14(22)23)10(16)12(18)11(9)17)13(21)5-3-4(19)1-2-6(5)20/h1-3,19-20H,(H,22,23). The van der Waals surface area contributed by atoms with Crippen LogP contribution < -0.4 is 0 Å². The van der Waals surface area contributed by atoms with Gasteiger partial charge in [-0.2, -0.15) is 0 Å². The van der Waals surface area contributed by atoms with Crippen LogP contribution in [0, 0.1) is 0 Å². The molecule has 0 aliphatic rings. The number of ketones is 1. The molecule has 0 atom stereocenters. The number of benzene rings is 2. The molecule has 3 N–H and O–H groups in total. The van der Waals surface area contributed by atoms with Crippen molar-refractivity contribution < 1.29 is 24.9 Å². The van der Waals surface area contributed by atoms with Crippen LogP contribution in [0.25, 0.3) is 0 Å². The summed E-state index contributed by atoms with van der Waals surface area (Å²) in [5.41, 5.74) is -1.57. The van der Waals surface area contributed by atoms with Crippen molar-refractivity contribution in [2.75, 3.05) is 0 Å². The summed E-state index contributed by atoms with van der Waals surface area (Å²) in [6, 6.07) is 3.17. The van der Waals surface area contributed by atoms with Crippen molar-refractivity contribution in [1.29, 1.82) is 0 Å². The summed E-state index contributed by atoms with van der Waals surface area (Å²) in [6.07, 6.45) is 0. The Kier molecular flexibility index (Phi) is 4.96. The predicted molar refractivity (Wildman–Crippen MR) is 86.6 cm³/mol. The molecule has 0 amide bonds. The molecular formula is C14H6Cl4O5. The molecule has 2 aromatic rings. The molecule has 5 nitrogen and oxygen atoms in total. The number of carboxylic acids is 1. The van der Waals surface area contributed by atoms with Crippen LogP contribution in [-0.4, -0.2) is 27.1 Å². The molecule has 9 heteroatoms. The van der Waals surface area contributed by atoms with E-state index in [1.165, 1.54) is 0 Å². The van der Waals surface area contributed by atoms with E-state index in [1.807, 2.05) is 0 Å². The first-order valence-electron chi connectivity index (χ1n) is 5.82. The first-order valence-corrected chi connectivity index (χ1v) is 7.33. The number of aromatic hydroxyl groups is 2. The lowest BCUT2D eigenvalue weighted by molar-refractivity contribution is 0.0693. The van der Waals surface area contributed by atoms with Crippen LogP contribution in [-0.2, 0) is 0 Å². The van der Waals surface area contributed by atoms with Crippen molar-refractivity contribution in [1.82, 2.24) is 0 Å². The van der Waals surface area contributed by atoms with Crippen LogP contribution in [0.1, 0.15) is 26.3 Å². The lowest BCUT2D eigenvalue weighted by atomic mass is 9.97. The van der Waals surface area contributed by atoms with Gasteiger partial charge in [-0.05, 0) is 18.2 Å². The molecule has 0 bridgehead atoms. The Morgan fingerprint density at radius 2 is 1.35 bits per heavy atom. The lowest BCUT2D eigenvalue weighted by Crippen LogP contribution is -2.12. The Hall–Kier alpha value is -1.66. The van der Waals surface area contributed by atoms with Gasteiger partial charge in [0.1, 0.15) is 11.5 Å². The van der Waals surface area contributed by atoms with Gasteiger partial charge in [-0.15, -0.1) is 0 Å². The average molecular weight is 396 g/mol. The largest absolute Gasteiger partial charge is 0.508 e. The van der Waals surface area contributed by atoms with E-state index in [4.69, 9.17) is 46.4 Å². The van der Waals surface area contributed by atoms with Crippen LogP contribution in [0.2, 0.25) is 20.1 Å². The zero-order valence-corrected chi connectivity index (χ0v) is 13.9. The van der Waals surface area contributed by atoms with Crippen LogP contribution in [0.4, 0.5) is 0 Å². The van der Waals surface area contributed by atoms with Gasteiger partial charge < -0.3 is 15.3 Å². The van der Waals surface area contributed by atoms with Gasteiger partial charge in [0.05, 0.1) is 36.8 Å². The second-order valence-electron chi connectivity index (χ2n) is 4.34. The van der Waals surface area contributed by atoms with Crippen molar-refractivity contribution in [3.05, 3.63) is 55.0 Å². The third-order valence-electron chi connectivity index (χ3n) is 2.93. The number of phenolic OH excluding ortho intramolecular Hbond substituents is 2. The summed E-state index contributed by atoms with van der Waals surface area (Å²) in [4.78, 5) is 24.0. The zero-order valence-electron chi connectivity index (χ0n) is 10.9. The average Bonchev–Trinajstić information content (AvgIpc) is 2.49. The second kappa shape index (κ2) is 6.45. The fraction of sp³-hybridized carbons (Fsp3) is 0. The van der Waals surface area contributed by atoms with Gasteiger partial charge in [-0.1, -0.05) is 46.4 Å². The number of rotatable bonds is 3. The summed E-state index contributed by atoms with van der Waals surface area (Å²) in [5.74, 6) is -3.34. The molecule has 0 aliphatic heterocycles. The quantitative estimate of drug-likeness (QED) is 0.304. The number of aromatic carboxylic acids is 1. The smallest absolute Gasteiger partial charge is 0.338 e. The van der Waals surface area contributed by atoms with Crippen LogP contribution in [0.3, 0.4) is 0 Å². The molecule has 120 valence electrons. The maximum Gasteiger partial charge on any atom is 0.338 e. The third-order valence-corrected chi connectivity index (χ3v) is 4.73. The molecule has 0 aliphatic carbocycles. The fourth-order valence-corrected chi connectivity index (χ4v) is 2.91. The topological polar surface area (TPSA) is 94.8 Å². The van der Waals surface area contributed by atoms with E-state index >= 15 is 0 Å². The predicted octanol–water partition coefficient (Wildman–Crippen LogP) is 4.64. The summed E-state index contributed by atoms with van der Waals surface area (Å²) in [7, 11) is 0. The minimum absolute atomic E-state index is 0.300. The number of halogens is 4. The van der Waals surface area contributed by atoms with Crippen LogP contribution >= 0.6 is 46.4 Å². The maximum atomic E-state index is 12.6. The third kappa shape index (κ3) is 3.05. The van der Waals surface area contributed by atoms with Gasteiger partial charge in [0, 0.05) is 0 Å². The van der Waals surface area contributed by atoms with Crippen molar-refractivity contribution >= 4 is 58.2 Å². The van der Waals surface area contributed by atoms with E-state index < -0.39 is 38.7 Å². The molecular weight excluding hydrogens is 390 g/mol. The number of carbonyl (C=O) groups excluding carboxylic acids is 1. The van der Waals surface area contributed by atoms with Gasteiger partial charge in [0.25, 0.3) is 0 Å². The van der Waals surface area contributed by atoms with Gasteiger partial charge in [-0.3, -0.25) is 4.79 Å². The monoisotopic (exact) mass is 394 g/mol. The highest BCUT2D eigenvalue weighted by Gasteiger charge is 2.30. The SMILES string of the molecule is O=C(O)c1c(Cl)c(Cl)c(Cl)c(Cl)c1C(=O)c1cc(O)ccc1O. The fourth-order valence-electron chi connectivity index (χ4n) is 1.89. The van der Waals surface area contributed by atoms with E-state index in [1.54, 1.807) is 0 Å². The molecule has 0 fully saturated rings. The number of phenols is 2. The Morgan fingerprint density at radius 3 is 1.87 bits per heavy atom. The normalized spacial score (nSPS) is 10.6. The van der Waals surface area contributed by atoms with Gasteiger partial charge in [-0.25, -0.2) is 4.79 Å². The summed E-state index contributed by atoms with van der Waals surface area (Å²) < 4.78 is 0. The molecule has 0 spiro atoms. The van der Waals surface area contributed by atoms with Crippen molar-refractivity contribution in [2.45, 2.75) is 0 Å². The molecule has 0 saturated carbocycles. The van der Waals surface area contributed by atoms with Crippen LogP contribution in [0.5, 0.6) is 11.5 Å². The maximum absolute atomic E-state index is 12.6. The lowest BCUT2D eigenvalue weighted by Gasteiger charge is -2.13. The molecule has 0 heterocycles. The Bertz CT molecular complexity index is 848. The first kappa shape index (κ1) is 17.7. The molecule has 0 radical (unpaired) electrons. The van der Waals surface area contributed by atoms with Crippen LogP contribution in [0.15, 0.2) is 18.2 Å². The van der Waals surface area contributed by atoms with E-state index in [0.717, 1.165) is 18.2 Å². The molecule has 0 saturated heterocycles. The molecule has 2 aromatic carbocycles. The van der Waals surface area contributed by atoms with Crippen molar-refractivity contribution in [2.24, 2.45) is 0 Å². The van der Waals surface area contributed by atoms with Crippen molar-refractivity contribution in [3.8, 4) is 11.5 Å². The van der Waals surface area contributed by atoms with Gasteiger partial charge >= 0.3 is 5.97 Å². The van der Waals surface area contributed by atoms with E-state index in [0.29, 0.717) is 0 Å². The summed E-state index contributed by atoms with van der Waals surface area (Å²) in [6.45, 7) is 0. The Balaban J connectivity index is 2.84. The molecule has 2 rings (SSSR count). The second-order valence-corrected chi connectivity index (χ2v) is 5.85. The number of carbonyl (C=O) groups is 2. The summed E-state index contributed by atoms with van der Waals surface area (Å²) in [5, 5.41) is 27.0.